The fourth-order valence-electron chi connectivity index (χ4n) is 2.36. The summed E-state index contributed by atoms with van der Waals surface area (Å²) < 4.78 is 14.8. The molecule has 2 aromatic carbocycles. The van der Waals surface area contributed by atoms with E-state index in [0.717, 1.165) is 16.8 Å². The fraction of sp³-hybridized carbons (Fsp3) is 0.200. The van der Waals surface area contributed by atoms with Gasteiger partial charge in [0.25, 0.3) is 0 Å². The van der Waals surface area contributed by atoms with Crippen molar-refractivity contribution in [1.29, 1.82) is 0 Å². The molecule has 0 atom stereocenters. The zero-order valence-electron chi connectivity index (χ0n) is 14.8. The summed E-state index contributed by atoms with van der Waals surface area (Å²) in [5, 5.41) is 6.78. The van der Waals surface area contributed by atoms with Crippen molar-refractivity contribution in [2.75, 3.05) is 5.43 Å². The molecule has 0 aliphatic heterocycles. The van der Waals surface area contributed by atoms with Gasteiger partial charge in [-0.3, -0.25) is 5.43 Å². The Kier molecular flexibility index (Phi) is 5.53. The minimum atomic E-state index is -0.326. The molecule has 0 fully saturated rings. The van der Waals surface area contributed by atoms with Gasteiger partial charge in [-0.05, 0) is 39.0 Å². The second-order valence-corrected chi connectivity index (χ2v) is 8.60. The van der Waals surface area contributed by atoms with Crippen molar-refractivity contribution in [3.8, 4) is 11.3 Å². The van der Waals surface area contributed by atoms with E-state index in [9.17, 15) is 4.39 Å². The smallest absolute Gasteiger partial charge is 0.203 e. The van der Waals surface area contributed by atoms with E-state index < -0.39 is 0 Å². The zero-order chi connectivity index (χ0) is 18.7. The largest absolute Gasteiger partial charge is 0.253 e. The third-order valence-electron chi connectivity index (χ3n) is 3.86. The molecule has 0 bridgehead atoms. The average molecular weight is 432 g/mol. The van der Waals surface area contributed by atoms with Crippen LogP contribution in [0.25, 0.3) is 11.3 Å². The highest BCUT2D eigenvalue weighted by Crippen LogP contribution is 2.29. The highest BCUT2D eigenvalue weighted by molar-refractivity contribution is 9.10. The Morgan fingerprint density at radius 1 is 1.19 bits per heavy atom. The summed E-state index contributed by atoms with van der Waals surface area (Å²) in [5.74, 6) is -0.326. The molecule has 0 aliphatic carbocycles. The van der Waals surface area contributed by atoms with Gasteiger partial charge in [-0.15, -0.1) is 11.3 Å². The monoisotopic (exact) mass is 431 g/mol. The maximum absolute atomic E-state index is 14.3. The fourth-order valence-corrected chi connectivity index (χ4v) is 3.50. The van der Waals surface area contributed by atoms with Gasteiger partial charge < -0.3 is 0 Å². The number of aromatic nitrogens is 1. The topological polar surface area (TPSA) is 37.3 Å². The van der Waals surface area contributed by atoms with E-state index in [1.807, 2.05) is 47.8 Å². The Bertz CT molecular complexity index is 930. The van der Waals surface area contributed by atoms with Crippen LogP contribution >= 0.6 is 27.3 Å². The molecule has 3 nitrogen and oxygen atoms in total. The molecular formula is C20H19BrFN3S. The molecule has 0 unspecified atom stereocenters. The number of hydrogen-bond donors (Lipinski definition) is 1. The first-order valence-electron chi connectivity index (χ1n) is 8.14. The standard InChI is InChI=1S/C20H19BrFN3S/c1-20(2,3)15-9-14(18(22)16(21)10-15)11-23-25-19-24-17(12-26-19)13-7-5-4-6-8-13/h4-12H,1-3H3,(H,24,25). The highest BCUT2D eigenvalue weighted by Gasteiger charge is 2.17. The minimum Gasteiger partial charge on any atom is -0.253 e. The Hall–Kier alpha value is -2.05. The molecule has 0 saturated heterocycles. The molecule has 26 heavy (non-hydrogen) atoms. The van der Waals surface area contributed by atoms with Crippen LogP contribution in [0.4, 0.5) is 9.52 Å². The molecule has 3 rings (SSSR count). The molecule has 1 heterocycles. The summed E-state index contributed by atoms with van der Waals surface area (Å²) in [6, 6.07) is 13.6. The normalized spacial score (nSPS) is 11.9. The van der Waals surface area contributed by atoms with Gasteiger partial charge in [0.15, 0.2) is 0 Å². The van der Waals surface area contributed by atoms with Gasteiger partial charge in [-0.25, -0.2) is 9.37 Å². The van der Waals surface area contributed by atoms with Crippen molar-refractivity contribution in [3.63, 3.8) is 0 Å². The Morgan fingerprint density at radius 2 is 1.92 bits per heavy atom. The minimum absolute atomic E-state index is 0.0773. The maximum atomic E-state index is 14.3. The summed E-state index contributed by atoms with van der Waals surface area (Å²) in [6.45, 7) is 6.27. The third kappa shape index (κ3) is 4.37. The van der Waals surface area contributed by atoms with Gasteiger partial charge in [0, 0.05) is 16.5 Å². The van der Waals surface area contributed by atoms with Gasteiger partial charge in [-0.2, -0.15) is 5.10 Å². The quantitative estimate of drug-likeness (QED) is 0.380. The number of anilines is 1. The van der Waals surface area contributed by atoms with Crippen molar-refractivity contribution in [1.82, 2.24) is 4.98 Å². The van der Waals surface area contributed by atoms with E-state index in [-0.39, 0.29) is 11.2 Å². The second kappa shape index (κ2) is 7.68. The summed E-state index contributed by atoms with van der Waals surface area (Å²) in [7, 11) is 0. The van der Waals surface area contributed by atoms with Gasteiger partial charge in [-0.1, -0.05) is 51.1 Å². The van der Waals surface area contributed by atoms with E-state index in [1.165, 1.54) is 17.6 Å². The van der Waals surface area contributed by atoms with Crippen LogP contribution in [0.15, 0.2) is 57.4 Å². The highest BCUT2D eigenvalue weighted by atomic mass is 79.9. The van der Waals surface area contributed by atoms with Gasteiger partial charge in [0.1, 0.15) is 5.82 Å². The molecule has 1 aromatic heterocycles. The first kappa shape index (κ1) is 18.7. The van der Waals surface area contributed by atoms with Crippen LogP contribution in [0, 0.1) is 5.82 Å². The molecule has 134 valence electrons. The SMILES string of the molecule is CC(C)(C)c1cc(Br)c(F)c(C=NNc2nc(-c3ccccc3)cs2)c1. The first-order chi connectivity index (χ1) is 12.3. The van der Waals surface area contributed by atoms with Crippen molar-refractivity contribution < 1.29 is 4.39 Å². The Morgan fingerprint density at radius 3 is 2.62 bits per heavy atom. The van der Waals surface area contributed by atoms with Crippen molar-refractivity contribution in [2.24, 2.45) is 5.10 Å². The molecule has 0 aliphatic rings. The lowest BCUT2D eigenvalue weighted by Crippen LogP contribution is -2.12. The van der Waals surface area contributed by atoms with E-state index in [1.54, 1.807) is 0 Å². The van der Waals surface area contributed by atoms with Crippen LogP contribution in [0.5, 0.6) is 0 Å². The molecular weight excluding hydrogens is 413 g/mol. The molecule has 6 heteroatoms. The maximum Gasteiger partial charge on any atom is 0.203 e. The lowest BCUT2D eigenvalue weighted by atomic mass is 9.86. The Balaban J connectivity index is 1.77. The number of halogens is 2. The van der Waals surface area contributed by atoms with Gasteiger partial charge in [0.2, 0.25) is 5.13 Å². The summed E-state index contributed by atoms with van der Waals surface area (Å²) in [4.78, 5) is 4.50. The number of benzene rings is 2. The van der Waals surface area contributed by atoms with Crippen molar-refractivity contribution >= 4 is 38.6 Å². The summed E-state index contributed by atoms with van der Waals surface area (Å²) >= 11 is 4.74. The Labute approximate surface area is 165 Å². The molecule has 3 aromatic rings. The van der Waals surface area contributed by atoms with E-state index in [0.29, 0.717) is 15.2 Å². The number of nitrogens with zero attached hydrogens (tertiary/aromatic N) is 2. The molecule has 0 amide bonds. The summed E-state index contributed by atoms with van der Waals surface area (Å²) in [5.41, 5.74) is 6.20. The molecule has 0 spiro atoms. The lowest BCUT2D eigenvalue weighted by Gasteiger charge is -2.20. The van der Waals surface area contributed by atoms with Crippen LogP contribution in [-0.4, -0.2) is 11.2 Å². The van der Waals surface area contributed by atoms with Gasteiger partial charge in [0.05, 0.1) is 16.4 Å². The van der Waals surface area contributed by atoms with Gasteiger partial charge >= 0.3 is 0 Å². The lowest BCUT2D eigenvalue weighted by molar-refractivity contribution is 0.579. The number of hydrogen-bond acceptors (Lipinski definition) is 4. The number of thiazole rings is 1. The van der Waals surface area contributed by atoms with Crippen molar-refractivity contribution in [2.45, 2.75) is 26.2 Å². The van der Waals surface area contributed by atoms with Crippen molar-refractivity contribution in [3.05, 3.63) is 69.3 Å². The van der Waals surface area contributed by atoms with E-state index in [4.69, 9.17) is 0 Å². The second-order valence-electron chi connectivity index (χ2n) is 6.89. The number of nitrogens with one attached hydrogen (secondary N) is 1. The molecule has 0 radical (unpaired) electrons. The van der Waals surface area contributed by atoms with E-state index >= 15 is 0 Å². The van der Waals surface area contributed by atoms with Crippen LogP contribution < -0.4 is 5.43 Å². The van der Waals surface area contributed by atoms with Crippen LogP contribution in [-0.2, 0) is 5.41 Å². The molecule has 0 saturated carbocycles. The third-order valence-corrected chi connectivity index (χ3v) is 5.18. The summed E-state index contributed by atoms with van der Waals surface area (Å²) in [6.07, 6.45) is 1.49. The first-order valence-corrected chi connectivity index (χ1v) is 9.81. The van der Waals surface area contributed by atoms with Crippen LogP contribution in [0.1, 0.15) is 31.9 Å². The van der Waals surface area contributed by atoms with Crippen LogP contribution in [0.2, 0.25) is 0 Å². The van der Waals surface area contributed by atoms with E-state index in [2.05, 4.69) is 52.2 Å². The zero-order valence-corrected chi connectivity index (χ0v) is 17.2. The van der Waals surface area contributed by atoms with Crippen LogP contribution in [0.3, 0.4) is 0 Å². The molecule has 1 N–H and O–H groups in total. The average Bonchev–Trinajstić information content (AvgIpc) is 3.07. The predicted molar refractivity (Wildman–Crippen MR) is 112 cm³/mol. The predicted octanol–water partition coefficient (Wildman–Crippen LogP) is 6.46. The number of hydrazone groups is 1. The number of rotatable bonds is 4.